The Morgan fingerprint density at radius 3 is 1.36 bits per heavy atom. The standard InChI is InChI=1S/C20H12Cl2O3/c21-15-9-17(11-5-1-3-7-13(11)19(15)23)25-18-10-16(22)20(24)14-8-4-2-6-12(14)18/h1-10,23-24H. The van der Waals surface area contributed by atoms with Gasteiger partial charge in [-0.1, -0.05) is 71.7 Å². The number of phenolic OH excluding ortho intramolecular Hbond substituents is 2. The van der Waals surface area contributed by atoms with Crippen LogP contribution in [0.3, 0.4) is 0 Å². The second-order valence-electron chi connectivity index (χ2n) is 5.60. The zero-order valence-electron chi connectivity index (χ0n) is 12.8. The number of hydrogen-bond acceptors (Lipinski definition) is 3. The zero-order chi connectivity index (χ0) is 17.6. The fraction of sp³-hybridized carbons (Fsp3) is 0. The Kier molecular flexibility index (Phi) is 3.83. The molecule has 0 radical (unpaired) electrons. The minimum absolute atomic E-state index is 0.0122. The maximum Gasteiger partial charge on any atom is 0.142 e. The zero-order valence-corrected chi connectivity index (χ0v) is 14.3. The van der Waals surface area contributed by atoms with E-state index in [1.54, 1.807) is 24.3 Å². The molecule has 0 aromatic heterocycles. The number of aromatic hydroxyl groups is 2. The van der Waals surface area contributed by atoms with E-state index in [0.29, 0.717) is 22.3 Å². The van der Waals surface area contributed by atoms with Crippen LogP contribution in [0.2, 0.25) is 10.0 Å². The van der Waals surface area contributed by atoms with Crippen LogP contribution in [0, 0.1) is 0 Å². The molecule has 2 N–H and O–H groups in total. The van der Waals surface area contributed by atoms with Crippen molar-refractivity contribution >= 4 is 44.7 Å². The summed E-state index contributed by atoms with van der Waals surface area (Å²) >= 11 is 12.3. The molecule has 0 aliphatic rings. The largest absolute Gasteiger partial charge is 0.506 e. The van der Waals surface area contributed by atoms with Gasteiger partial charge in [-0.2, -0.15) is 0 Å². The van der Waals surface area contributed by atoms with Crippen LogP contribution < -0.4 is 4.74 Å². The summed E-state index contributed by atoms with van der Waals surface area (Å²) in [6.07, 6.45) is 0. The quantitative estimate of drug-likeness (QED) is 0.423. The number of hydrogen-bond donors (Lipinski definition) is 2. The molecule has 0 unspecified atom stereocenters. The van der Waals surface area contributed by atoms with Gasteiger partial charge in [-0.25, -0.2) is 0 Å². The second kappa shape index (κ2) is 6.03. The molecule has 4 aromatic rings. The molecule has 0 saturated carbocycles. The van der Waals surface area contributed by atoms with Crippen LogP contribution in [0.5, 0.6) is 23.0 Å². The van der Waals surface area contributed by atoms with Crippen LogP contribution in [0.15, 0.2) is 60.7 Å². The molecule has 0 bridgehead atoms. The Hall–Kier alpha value is -2.62. The molecule has 4 aromatic carbocycles. The third-order valence-electron chi connectivity index (χ3n) is 4.08. The summed E-state index contributed by atoms with van der Waals surface area (Å²) in [6, 6.07) is 17.7. The van der Waals surface area contributed by atoms with E-state index in [4.69, 9.17) is 27.9 Å². The number of rotatable bonds is 2. The third kappa shape index (κ3) is 2.62. The summed E-state index contributed by atoms with van der Waals surface area (Å²) in [5.41, 5.74) is 0. The molecule has 0 amide bonds. The first-order valence-corrected chi connectivity index (χ1v) is 8.30. The van der Waals surface area contributed by atoms with Crippen LogP contribution in [0.1, 0.15) is 0 Å². The summed E-state index contributed by atoms with van der Waals surface area (Å²) in [5, 5.41) is 23.3. The van der Waals surface area contributed by atoms with E-state index in [2.05, 4.69) is 0 Å². The lowest BCUT2D eigenvalue weighted by molar-refractivity contribution is 0.471. The minimum Gasteiger partial charge on any atom is -0.506 e. The molecule has 0 saturated heterocycles. The molecule has 25 heavy (non-hydrogen) atoms. The summed E-state index contributed by atoms with van der Waals surface area (Å²) in [5.74, 6) is 1.01. The van der Waals surface area contributed by atoms with Gasteiger partial charge in [-0.3, -0.25) is 0 Å². The molecule has 0 atom stereocenters. The van der Waals surface area contributed by atoms with Crippen LogP contribution >= 0.6 is 23.2 Å². The minimum atomic E-state index is 0.0122. The van der Waals surface area contributed by atoms with Crippen molar-refractivity contribution in [2.75, 3.05) is 0 Å². The Morgan fingerprint density at radius 2 is 0.960 bits per heavy atom. The van der Waals surface area contributed by atoms with Crippen molar-refractivity contribution in [1.82, 2.24) is 0 Å². The van der Waals surface area contributed by atoms with E-state index >= 15 is 0 Å². The number of ether oxygens (including phenoxy) is 1. The number of halogens is 2. The average Bonchev–Trinajstić information content (AvgIpc) is 2.64. The number of fused-ring (bicyclic) bond motifs is 2. The molecule has 0 fully saturated rings. The number of benzene rings is 4. The fourth-order valence-electron chi connectivity index (χ4n) is 2.88. The molecule has 0 aliphatic heterocycles. The summed E-state index contributed by atoms with van der Waals surface area (Å²) in [7, 11) is 0. The van der Waals surface area contributed by atoms with Gasteiger partial charge in [-0.15, -0.1) is 0 Å². The lowest BCUT2D eigenvalue weighted by atomic mass is 10.1. The first-order valence-electron chi connectivity index (χ1n) is 7.54. The van der Waals surface area contributed by atoms with E-state index in [9.17, 15) is 10.2 Å². The van der Waals surface area contributed by atoms with Crippen molar-refractivity contribution in [2.45, 2.75) is 0 Å². The van der Waals surface area contributed by atoms with Crippen molar-refractivity contribution in [2.24, 2.45) is 0 Å². The van der Waals surface area contributed by atoms with Gasteiger partial charge >= 0.3 is 0 Å². The Labute approximate surface area is 153 Å². The van der Waals surface area contributed by atoms with Gasteiger partial charge in [0.2, 0.25) is 0 Å². The highest BCUT2D eigenvalue weighted by molar-refractivity contribution is 6.34. The third-order valence-corrected chi connectivity index (χ3v) is 4.66. The van der Waals surface area contributed by atoms with Crippen LogP contribution in [-0.2, 0) is 0 Å². The van der Waals surface area contributed by atoms with E-state index in [1.807, 2.05) is 36.4 Å². The second-order valence-corrected chi connectivity index (χ2v) is 6.42. The Morgan fingerprint density at radius 1 is 0.600 bits per heavy atom. The van der Waals surface area contributed by atoms with E-state index in [-0.39, 0.29) is 21.5 Å². The maximum atomic E-state index is 10.2. The summed E-state index contributed by atoms with van der Waals surface area (Å²) in [4.78, 5) is 0. The molecule has 0 aliphatic carbocycles. The number of phenols is 2. The molecular formula is C20H12Cl2O3. The van der Waals surface area contributed by atoms with Crippen molar-refractivity contribution in [3.63, 3.8) is 0 Å². The van der Waals surface area contributed by atoms with Gasteiger partial charge in [-0.05, 0) is 0 Å². The molecule has 0 heterocycles. The molecule has 4 rings (SSSR count). The van der Waals surface area contributed by atoms with Gasteiger partial charge in [0.25, 0.3) is 0 Å². The molecule has 0 spiro atoms. The highest BCUT2D eigenvalue weighted by atomic mass is 35.5. The van der Waals surface area contributed by atoms with E-state index in [1.165, 1.54) is 0 Å². The van der Waals surface area contributed by atoms with E-state index in [0.717, 1.165) is 10.8 Å². The average molecular weight is 371 g/mol. The van der Waals surface area contributed by atoms with Crippen LogP contribution in [-0.4, -0.2) is 10.2 Å². The van der Waals surface area contributed by atoms with Gasteiger partial charge in [0.1, 0.15) is 23.0 Å². The normalized spacial score (nSPS) is 11.1. The Bertz CT molecular complexity index is 1030. The first kappa shape index (κ1) is 15.9. The van der Waals surface area contributed by atoms with Crippen molar-refractivity contribution in [3.05, 3.63) is 70.7 Å². The summed E-state index contributed by atoms with van der Waals surface area (Å²) < 4.78 is 6.09. The van der Waals surface area contributed by atoms with Gasteiger partial charge in [0.15, 0.2) is 0 Å². The predicted octanol–water partition coefficient (Wildman–Crippen LogP) is 6.50. The Balaban J connectivity index is 1.95. The SMILES string of the molecule is Oc1c(Cl)cc(Oc2cc(Cl)c(O)c3ccccc23)c2ccccc12. The van der Waals surface area contributed by atoms with Crippen molar-refractivity contribution < 1.29 is 14.9 Å². The van der Waals surface area contributed by atoms with E-state index < -0.39 is 0 Å². The van der Waals surface area contributed by atoms with Crippen LogP contribution in [0.4, 0.5) is 0 Å². The first-order chi connectivity index (χ1) is 12.1. The predicted molar refractivity (Wildman–Crippen MR) is 101 cm³/mol. The van der Waals surface area contributed by atoms with Gasteiger partial charge < -0.3 is 14.9 Å². The molecular weight excluding hydrogens is 359 g/mol. The monoisotopic (exact) mass is 370 g/mol. The highest BCUT2D eigenvalue weighted by Gasteiger charge is 2.15. The fourth-order valence-corrected chi connectivity index (χ4v) is 3.28. The maximum absolute atomic E-state index is 10.2. The topological polar surface area (TPSA) is 49.7 Å². The smallest absolute Gasteiger partial charge is 0.142 e. The summed E-state index contributed by atoms with van der Waals surface area (Å²) in [6.45, 7) is 0. The van der Waals surface area contributed by atoms with Crippen molar-refractivity contribution in [1.29, 1.82) is 0 Å². The van der Waals surface area contributed by atoms with Gasteiger partial charge in [0, 0.05) is 33.7 Å². The lowest BCUT2D eigenvalue weighted by Gasteiger charge is -2.14. The molecule has 124 valence electrons. The van der Waals surface area contributed by atoms with Crippen molar-refractivity contribution in [3.8, 4) is 23.0 Å². The molecule has 3 nitrogen and oxygen atoms in total. The van der Waals surface area contributed by atoms with Gasteiger partial charge in [0.05, 0.1) is 10.0 Å². The van der Waals surface area contributed by atoms with Crippen LogP contribution in [0.25, 0.3) is 21.5 Å². The molecule has 5 heteroatoms. The highest BCUT2D eigenvalue weighted by Crippen LogP contribution is 2.44. The lowest BCUT2D eigenvalue weighted by Crippen LogP contribution is -1.89.